The average molecular weight is 376 g/mol. The highest BCUT2D eigenvalue weighted by Crippen LogP contribution is 2.29. The van der Waals surface area contributed by atoms with Crippen LogP contribution in [-0.4, -0.2) is 37.1 Å². The van der Waals surface area contributed by atoms with Gasteiger partial charge in [0.25, 0.3) is 11.6 Å². The molecule has 1 aliphatic heterocycles. The summed E-state index contributed by atoms with van der Waals surface area (Å²) in [6, 6.07) is 9.59. The maximum atomic E-state index is 12.8. The number of nitro benzene ring substituents is 1. The molecule has 0 aromatic heterocycles. The highest BCUT2D eigenvalue weighted by molar-refractivity contribution is 6.34. The van der Waals surface area contributed by atoms with Crippen molar-refractivity contribution in [3.05, 3.63) is 62.7 Å². The predicted molar refractivity (Wildman–Crippen MR) is 100 cm³/mol. The van der Waals surface area contributed by atoms with Crippen molar-refractivity contribution in [1.29, 1.82) is 0 Å². The molecule has 2 aromatic carbocycles. The molecule has 1 saturated heterocycles. The Morgan fingerprint density at radius 1 is 1.23 bits per heavy atom. The fourth-order valence-corrected chi connectivity index (χ4v) is 3.09. The molecule has 1 amide bonds. The molecule has 1 N–H and O–H groups in total. The van der Waals surface area contributed by atoms with E-state index in [1.54, 1.807) is 18.2 Å². The minimum absolute atomic E-state index is 0.137. The average Bonchev–Trinajstić information content (AvgIpc) is 2.64. The number of morpholine rings is 1. The Hall–Kier alpha value is -2.64. The molecule has 26 heavy (non-hydrogen) atoms. The number of carbonyl (C=O) groups excluding carboxylic acids is 1. The van der Waals surface area contributed by atoms with E-state index in [0.717, 1.165) is 5.56 Å². The summed E-state index contributed by atoms with van der Waals surface area (Å²) >= 11 is 6.18. The van der Waals surface area contributed by atoms with Crippen LogP contribution in [0, 0.1) is 17.0 Å². The van der Waals surface area contributed by atoms with E-state index >= 15 is 0 Å². The van der Waals surface area contributed by atoms with Gasteiger partial charge in [-0.05, 0) is 30.7 Å². The van der Waals surface area contributed by atoms with E-state index in [0.29, 0.717) is 42.7 Å². The van der Waals surface area contributed by atoms with Crippen LogP contribution in [0.1, 0.15) is 15.9 Å². The molecule has 3 rings (SSSR count). The first-order valence-electron chi connectivity index (χ1n) is 8.14. The summed E-state index contributed by atoms with van der Waals surface area (Å²) < 4.78 is 5.34. The zero-order valence-electron chi connectivity index (χ0n) is 14.2. The van der Waals surface area contributed by atoms with Gasteiger partial charge >= 0.3 is 0 Å². The summed E-state index contributed by atoms with van der Waals surface area (Å²) in [5, 5.41) is 14.3. The third-order valence-corrected chi connectivity index (χ3v) is 4.47. The van der Waals surface area contributed by atoms with Gasteiger partial charge in [-0.1, -0.05) is 17.7 Å². The number of halogens is 1. The molecule has 7 nitrogen and oxygen atoms in total. The monoisotopic (exact) mass is 375 g/mol. The maximum Gasteiger partial charge on any atom is 0.270 e. The normalized spacial score (nSPS) is 14.2. The van der Waals surface area contributed by atoms with E-state index < -0.39 is 10.8 Å². The number of hydrogen-bond donors (Lipinski definition) is 1. The number of non-ortho nitro benzene ring substituents is 1. The lowest BCUT2D eigenvalue weighted by molar-refractivity contribution is -0.384. The van der Waals surface area contributed by atoms with E-state index in [1.807, 2.05) is 17.9 Å². The number of aryl methyl sites for hydroxylation is 1. The highest BCUT2D eigenvalue weighted by Gasteiger charge is 2.22. The van der Waals surface area contributed by atoms with Gasteiger partial charge in [0, 0.05) is 25.2 Å². The number of ether oxygens (including phenoxy) is 1. The van der Waals surface area contributed by atoms with Crippen LogP contribution in [-0.2, 0) is 4.74 Å². The van der Waals surface area contributed by atoms with Gasteiger partial charge in [-0.3, -0.25) is 14.9 Å². The molecule has 0 aliphatic carbocycles. The number of nitrogens with zero attached hydrogens (tertiary/aromatic N) is 2. The second-order valence-electron chi connectivity index (χ2n) is 6.00. The Morgan fingerprint density at radius 3 is 2.62 bits per heavy atom. The second-order valence-corrected chi connectivity index (χ2v) is 6.40. The van der Waals surface area contributed by atoms with Crippen LogP contribution in [0.4, 0.5) is 17.1 Å². The van der Waals surface area contributed by atoms with Gasteiger partial charge in [0.2, 0.25) is 0 Å². The minimum Gasteiger partial charge on any atom is -0.378 e. The molecule has 0 saturated carbocycles. The van der Waals surface area contributed by atoms with Crippen LogP contribution < -0.4 is 10.2 Å². The lowest BCUT2D eigenvalue weighted by atomic mass is 10.1. The van der Waals surface area contributed by atoms with Gasteiger partial charge in [-0.25, -0.2) is 0 Å². The molecule has 0 bridgehead atoms. The molecule has 1 aliphatic rings. The quantitative estimate of drug-likeness (QED) is 0.651. The molecule has 0 unspecified atom stereocenters. The van der Waals surface area contributed by atoms with Crippen molar-refractivity contribution in [2.24, 2.45) is 0 Å². The fraction of sp³-hybridized carbons (Fsp3) is 0.278. The summed E-state index contributed by atoms with van der Waals surface area (Å²) in [4.78, 5) is 25.4. The molecular weight excluding hydrogens is 358 g/mol. The predicted octanol–water partition coefficient (Wildman–Crippen LogP) is 3.65. The minimum atomic E-state index is -0.515. The SMILES string of the molecule is Cc1ccc(NC(=O)c2cc([N+](=O)[O-])ccc2N2CCOCC2)c(Cl)c1. The zero-order valence-corrected chi connectivity index (χ0v) is 15.0. The van der Waals surface area contributed by atoms with E-state index in [4.69, 9.17) is 16.3 Å². The summed E-state index contributed by atoms with van der Waals surface area (Å²) in [5.41, 5.74) is 2.17. The van der Waals surface area contributed by atoms with Crippen LogP contribution in [0.15, 0.2) is 36.4 Å². The van der Waals surface area contributed by atoms with Crippen molar-refractivity contribution in [2.45, 2.75) is 6.92 Å². The number of nitro groups is 1. The molecule has 1 fully saturated rings. The summed E-state index contributed by atoms with van der Waals surface area (Å²) in [7, 11) is 0. The van der Waals surface area contributed by atoms with E-state index in [1.165, 1.54) is 12.1 Å². The Morgan fingerprint density at radius 2 is 1.96 bits per heavy atom. The Bertz CT molecular complexity index is 850. The van der Waals surface area contributed by atoms with Gasteiger partial charge in [-0.2, -0.15) is 0 Å². The zero-order chi connectivity index (χ0) is 18.7. The van der Waals surface area contributed by atoms with Crippen molar-refractivity contribution in [2.75, 3.05) is 36.5 Å². The van der Waals surface area contributed by atoms with Gasteiger partial charge in [-0.15, -0.1) is 0 Å². The van der Waals surface area contributed by atoms with Gasteiger partial charge < -0.3 is 15.0 Å². The third kappa shape index (κ3) is 3.95. The standard InChI is InChI=1S/C18H18ClN3O4/c1-12-2-4-16(15(19)10-12)20-18(23)14-11-13(22(24)25)3-5-17(14)21-6-8-26-9-7-21/h2-5,10-11H,6-9H2,1H3,(H,20,23). The molecule has 0 spiro atoms. The van der Waals surface area contributed by atoms with Gasteiger partial charge in [0.05, 0.1) is 40.1 Å². The molecule has 1 heterocycles. The topological polar surface area (TPSA) is 84.7 Å². The van der Waals surface area contributed by atoms with Crippen molar-refractivity contribution in [3.8, 4) is 0 Å². The Balaban J connectivity index is 1.95. The van der Waals surface area contributed by atoms with Crippen molar-refractivity contribution in [1.82, 2.24) is 0 Å². The number of rotatable bonds is 4. The lowest BCUT2D eigenvalue weighted by Gasteiger charge is -2.30. The highest BCUT2D eigenvalue weighted by atomic mass is 35.5. The van der Waals surface area contributed by atoms with Crippen molar-refractivity contribution >= 4 is 34.6 Å². The van der Waals surface area contributed by atoms with Gasteiger partial charge in [0.15, 0.2) is 0 Å². The number of anilines is 2. The first-order chi connectivity index (χ1) is 12.5. The van der Waals surface area contributed by atoms with Crippen molar-refractivity contribution < 1.29 is 14.5 Å². The molecule has 0 atom stereocenters. The van der Waals surface area contributed by atoms with Crippen LogP contribution in [0.2, 0.25) is 5.02 Å². The first-order valence-corrected chi connectivity index (χ1v) is 8.52. The number of amides is 1. The first kappa shape index (κ1) is 18.2. The molecule has 0 radical (unpaired) electrons. The lowest BCUT2D eigenvalue weighted by Crippen LogP contribution is -2.37. The van der Waals surface area contributed by atoms with Crippen LogP contribution in [0.25, 0.3) is 0 Å². The van der Waals surface area contributed by atoms with Gasteiger partial charge in [0.1, 0.15) is 0 Å². The van der Waals surface area contributed by atoms with Crippen molar-refractivity contribution in [3.63, 3.8) is 0 Å². The molecule has 8 heteroatoms. The van der Waals surface area contributed by atoms with E-state index in [2.05, 4.69) is 5.32 Å². The summed E-state index contributed by atoms with van der Waals surface area (Å²) in [6.45, 7) is 4.21. The van der Waals surface area contributed by atoms with E-state index in [-0.39, 0.29) is 11.3 Å². The number of nitrogens with one attached hydrogen (secondary N) is 1. The Labute approximate surface area is 155 Å². The van der Waals surface area contributed by atoms with Crippen LogP contribution in [0.5, 0.6) is 0 Å². The fourth-order valence-electron chi connectivity index (χ4n) is 2.81. The summed E-state index contributed by atoms with van der Waals surface area (Å²) in [5.74, 6) is -0.444. The number of hydrogen-bond acceptors (Lipinski definition) is 5. The third-order valence-electron chi connectivity index (χ3n) is 4.16. The van der Waals surface area contributed by atoms with Crippen LogP contribution >= 0.6 is 11.6 Å². The molecule has 2 aromatic rings. The maximum absolute atomic E-state index is 12.8. The second kappa shape index (κ2) is 7.72. The number of benzene rings is 2. The largest absolute Gasteiger partial charge is 0.378 e. The summed E-state index contributed by atoms with van der Waals surface area (Å²) in [6.07, 6.45) is 0. The molecule has 136 valence electrons. The molecular formula is C18H18ClN3O4. The smallest absolute Gasteiger partial charge is 0.270 e. The van der Waals surface area contributed by atoms with Crippen LogP contribution in [0.3, 0.4) is 0 Å². The Kier molecular flexibility index (Phi) is 5.39. The van der Waals surface area contributed by atoms with E-state index in [9.17, 15) is 14.9 Å². The number of carbonyl (C=O) groups is 1.